The molecular weight excluding hydrogens is 322 g/mol. The van der Waals surface area contributed by atoms with Crippen LogP contribution in [0.4, 0.5) is 0 Å². The van der Waals surface area contributed by atoms with Gasteiger partial charge in [0, 0.05) is 12.5 Å². The summed E-state index contributed by atoms with van der Waals surface area (Å²) in [6.45, 7) is 0.830. The maximum atomic E-state index is 11.5. The minimum atomic E-state index is -2.82. The molecule has 1 saturated heterocycles. The first-order valence-electron chi connectivity index (χ1n) is 7.31. The summed E-state index contributed by atoms with van der Waals surface area (Å²) in [5.41, 5.74) is 0. The van der Waals surface area contributed by atoms with E-state index in [1.807, 2.05) is 24.6 Å². The van der Waals surface area contributed by atoms with Crippen LogP contribution in [0.25, 0.3) is 10.7 Å². The molecule has 0 aliphatic carbocycles. The Bertz CT molecular complexity index is 710. The predicted molar refractivity (Wildman–Crippen MR) is 85.6 cm³/mol. The molecule has 0 unspecified atom stereocenters. The molecule has 0 aromatic carbocycles. The molecule has 0 radical (unpaired) electrons. The molecule has 0 saturated carbocycles. The van der Waals surface area contributed by atoms with E-state index in [1.54, 1.807) is 11.3 Å². The van der Waals surface area contributed by atoms with Gasteiger partial charge < -0.3 is 9.42 Å². The smallest absolute Gasteiger partial charge is 0.227 e. The van der Waals surface area contributed by atoms with E-state index in [-0.39, 0.29) is 11.8 Å². The van der Waals surface area contributed by atoms with Crippen LogP contribution in [0, 0.1) is 0 Å². The van der Waals surface area contributed by atoms with E-state index in [2.05, 4.69) is 15.0 Å². The Morgan fingerprint density at radius 1 is 1.50 bits per heavy atom. The summed E-state index contributed by atoms with van der Waals surface area (Å²) < 4.78 is 28.3. The number of aromatic nitrogens is 2. The molecule has 0 N–H and O–H groups in total. The molecule has 120 valence electrons. The standard InChI is InChI=1S/C14H19N3O3S2/c1-17(11-6-9-22(18,19)10-11)7-2-5-13-15-14(16-20-13)12-4-3-8-21-12/h3-4,8,11H,2,5-7,9-10H2,1H3/t11-/m0/s1. The van der Waals surface area contributed by atoms with Crippen LogP contribution < -0.4 is 0 Å². The fraction of sp³-hybridized carbons (Fsp3) is 0.571. The van der Waals surface area contributed by atoms with Gasteiger partial charge in [0.2, 0.25) is 11.7 Å². The van der Waals surface area contributed by atoms with Crippen LogP contribution in [0.1, 0.15) is 18.7 Å². The highest BCUT2D eigenvalue weighted by molar-refractivity contribution is 7.91. The Labute approximate surface area is 134 Å². The second-order valence-electron chi connectivity index (χ2n) is 5.63. The van der Waals surface area contributed by atoms with Gasteiger partial charge >= 0.3 is 0 Å². The number of thiophene rings is 1. The van der Waals surface area contributed by atoms with Crippen LogP contribution in [0.15, 0.2) is 22.0 Å². The van der Waals surface area contributed by atoms with E-state index in [0.29, 0.717) is 23.9 Å². The first-order chi connectivity index (χ1) is 10.5. The van der Waals surface area contributed by atoms with Gasteiger partial charge in [0.05, 0.1) is 16.4 Å². The van der Waals surface area contributed by atoms with E-state index in [1.165, 1.54) is 0 Å². The summed E-state index contributed by atoms with van der Waals surface area (Å²) in [5, 5.41) is 5.97. The quantitative estimate of drug-likeness (QED) is 0.798. The second-order valence-corrected chi connectivity index (χ2v) is 8.81. The summed E-state index contributed by atoms with van der Waals surface area (Å²) >= 11 is 1.58. The van der Waals surface area contributed by atoms with Crippen molar-refractivity contribution in [2.24, 2.45) is 0 Å². The van der Waals surface area contributed by atoms with Crippen molar-refractivity contribution in [1.29, 1.82) is 0 Å². The Hall–Kier alpha value is -1.25. The van der Waals surface area contributed by atoms with Gasteiger partial charge in [-0.15, -0.1) is 11.3 Å². The molecule has 0 bridgehead atoms. The van der Waals surface area contributed by atoms with Crippen LogP contribution >= 0.6 is 11.3 Å². The van der Waals surface area contributed by atoms with Crippen molar-refractivity contribution in [3.05, 3.63) is 23.4 Å². The molecule has 1 atom stereocenters. The summed E-state index contributed by atoms with van der Waals surface area (Å²) in [6, 6.07) is 4.07. The highest BCUT2D eigenvalue weighted by Crippen LogP contribution is 2.22. The highest BCUT2D eigenvalue weighted by Gasteiger charge is 2.30. The lowest BCUT2D eigenvalue weighted by Gasteiger charge is -2.22. The highest BCUT2D eigenvalue weighted by atomic mass is 32.2. The monoisotopic (exact) mass is 341 g/mol. The molecule has 3 heterocycles. The Morgan fingerprint density at radius 3 is 3.05 bits per heavy atom. The fourth-order valence-corrected chi connectivity index (χ4v) is 5.10. The van der Waals surface area contributed by atoms with Gasteiger partial charge in [-0.1, -0.05) is 11.2 Å². The fourth-order valence-electron chi connectivity index (χ4n) is 2.65. The lowest BCUT2D eigenvalue weighted by molar-refractivity contribution is 0.254. The molecule has 6 nitrogen and oxygen atoms in total. The number of nitrogens with zero attached hydrogens (tertiary/aromatic N) is 3. The van der Waals surface area contributed by atoms with Crippen molar-refractivity contribution in [3.63, 3.8) is 0 Å². The first-order valence-corrected chi connectivity index (χ1v) is 10.0. The zero-order valence-corrected chi connectivity index (χ0v) is 14.1. The molecular formula is C14H19N3O3S2. The van der Waals surface area contributed by atoms with Gasteiger partial charge in [-0.3, -0.25) is 0 Å². The van der Waals surface area contributed by atoms with E-state index in [0.717, 1.165) is 24.3 Å². The van der Waals surface area contributed by atoms with Crippen molar-refractivity contribution >= 4 is 21.2 Å². The number of aryl methyl sites for hydroxylation is 1. The van der Waals surface area contributed by atoms with Crippen LogP contribution in [0.5, 0.6) is 0 Å². The molecule has 1 aliphatic heterocycles. The summed E-state index contributed by atoms with van der Waals surface area (Å²) in [6.07, 6.45) is 2.32. The SMILES string of the molecule is CN(CCCc1nc(-c2cccs2)no1)[C@H]1CCS(=O)(=O)C1. The third-order valence-corrected chi connectivity index (χ3v) is 6.56. The lowest BCUT2D eigenvalue weighted by Crippen LogP contribution is -2.33. The largest absolute Gasteiger partial charge is 0.339 e. The number of hydrogen-bond donors (Lipinski definition) is 0. The van der Waals surface area contributed by atoms with E-state index >= 15 is 0 Å². The average molecular weight is 341 g/mol. The topological polar surface area (TPSA) is 76.3 Å². The number of hydrogen-bond acceptors (Lipinski definition) is 7. The molecule has 1 fully saturated rings. The predicted octanol–water partition coefficient (Wildman–Crippen LogP) is 1.85. The van der Waals surface area contributed by atoms with Gasteiger partial charge in [-0.2, -0.15) is 4.98 Å². The lowest BCUT2D eigenvalue weighted by atomic mass is 10.2. The van der Waals surface area contributed by atoms with Gasteiger partial charge in [0.15, 0.2) is 9.84 Å². The number of sulfone groups is 1. The van der Waals surface area contributed by atoms with Crippen molar-refractivity contribution < 1.29 is 12.9 Å². The van der Waals surface area contributed by atoms with Crippen molar-refractivity contribution in [3.8, 4) is 10.7 Å². The van der Waals surface area contributed by atoms with E-state index in [4.69, 9.17) is 4.52 Å². The summed E-state index contributed by atoms with van der Waals surface area (Å²) in [4.78, 5) is 7.52. The van der Waals surface area contributed by atoms with Crippen LogP contribution in [0.2, 0.25) is 0 Å². The Morgan fingerprint density at radius 2 is 2.36 bits per heavy atom. The third kappa shape index (κ3) is 3.74. The van der Waals surface area contributed by atoms with E-state index < -0.39 is 9.84 Å². The third-order valence-electron chi connectivity index (χ3n) is 3.94. The summed E-state index contributed by atoms with van der Waals surface area (Å²) in [7, 11) is -0.838. The zero-order chi connectivity index (χ0) is 15.6. The Kier molecular flexibility index (Phi) is 4.60. The number of rotatable bonds is 6. The van der Waals surface area contributed by atoms with Crippen LogP contribution in [-0.4, -0.2) is 54.6 Å². The molecule has 3 rings (SSSR count). The van der Waals surface area contributed by atoms with Crippen molar-refractivity contribution in [1.82, 2.24) is 15.0 Å². The van der Waals surface area contributed by atoms with Crippen molar-refractivity contribution in [2.45, 2.75) is 25.3 Å². The van der Waals surface area contributed by atoms with Crippen LogP contribution in [0.3, 0.4) is 0 Å². The normalized spacial score (nSPS) is 20.7. The van der Waals surface area contributed by atoms with Gasteiger partial charge in [0.25, 0.3) is 0 Å². The second kappa shape index (κ2) is 6.47. The molecule has 0 amide bonds. The molecule has 8 heteroatoms. The minimum absolute atomic E-state index is 0.148. The average Bonchev–Trinajstić information content (AvgIpc) is 3.17. The molecule has 2 aromatic rings. The molecule has 1 aliphatic rings. The van der Waals surface area contributed by atoms with Gasteiger partial charge in [-0.05, 0) is 37.9 Å². The maximum absolute atomic E-state index is 11.5. The zero-order valence-electron chi connectivity index (χ0n) is 12.4. The summed E-state index contributed by atoms with van der Waals surface area (Å²) in [5.74, 6) is 1.87. The maximum Gasteiger partial charge on any atom is 0.227 e. The molecule has 0 spiro atoms. The minimum Gasteiger partial charge on any atom is -0.339 e. The first kappa shape index (κ1) is 15.6. The van der Waals surface area contributed by atoms with Crippen LogP contribution in [-0.2, 0) is 16.3 Å². The molecule has 22 heavy (non-hydrogen) atoms. The van der Waals surface area contributed by atoms with Gasteiger partial charge in [-0.25, -0.2) is 8.42 Å². The van der Waals surface area contributed by atoms with Crippen molar-refractivity contribution in [2.75, 3.05) is 25.1 Å². The Balaban J connectivity index is 1.47. The molecule has 2 aromatic heterocycles. The van der Waals surface area contributed by atoms with Gasteiger partial charge in [0.1, 0.15) is 0 Å². The van der Waals surface area contributed by atoms with E-state index in [9.17, 15) is 8.42 Å².